The molecule has 0 unspecified atom stereocenters. The molecule has 2 amide bonds. The topological polar surface area (TPSA) is 96.0 Å². The Morgan fingerprint density at radius 1 is 0.976 bits per heavy atom. The summed E-state index contributed by atoms with van der Waals surface area (Å²) in [5.74, 6) is -0.308. The summed E-state index contributed by atoms with van der Waals surface area (Å²) in [7, 11) is -4.18. The molecule has 3 aromatic rings. The Hall–Kier alpha value is -3.08. The van der Waals surface area contributed by atoms with Crippen molar-refractivity contribution < 1.29 is 22.7 Å². The van der Waals surface area contributed by atoms with Crippen LogP contribution >= 0.6 is 27.5 Å². The van der Waals surface area contributed by atoms with Gasteiger partial charge in [-0.1, -0.05) is 52.7 Å². The van der Waals surface area contributed by atoms with E-state index >= 15 is 0 Å². The van der Waals surface area contributed by atoms with E-state index in [1.54, 1.807) is 67.6 Å². The fraction of sp³-hybridized carbons (Fsp3) is 0.333. The lowest BCUT2D eigenvalue weighted by Gasteiger charge is -2.33. The number of anilines is 1. The Labute approximate surface area is 255 Å². The maximum atomic E-state index is 14.1. The largest absolute Gasteiger partial charge is 0.494 e. The van der Waals surface area contributed by atoms with Gasteiger partial charge >= 0.3 is 0 Å². The molecule has 0 aliphatic heterocycles. The highest BCUT2D eigenvalue weighted by Crippen LogP contribution is 2.28. The van der Waals surface area contributed by atoms with Crippen molar-refractivity contribution in [1.29, 1.82) is 0 Å². The van der Waals surface area contributed by atoms with Gasteiger partial charge < -0.3 is 15.0 Å². The maximum absolute atomic E-state index is 14.1. The molecule has 0 saturated heterocycles. The van der Waals surface area contributed by atoms with E-state index in [0.29, 0.717) is 33.8 Å². The molecular formula is C30H35BrClN3O5S. The molecule has 1 atom stereocenters. The Kier molecular flexibility index (Phi) is 11.6. The number of hydrogen-bond acceptors (Lipinski definition) is 5. The second-order valence-corrected chi connectivity index (χ2v) is 12.8. The summed E-state index contributed by atoms with van der Waals surface area (Å²) in [4.78, 5) is 28.7. The fourth-order valence-corrected chi connectivity index (χ4v) is 6.12. The molecule has 8 nitrogen and oxygen atoms in total. The zero-order valence-corrected chi connectivity index (χ0v) is 26.7. The van der Waals surface area contributed by atoms with Gasteiger partial charge in [-0.3, -0.25) is 13.9 Å². The molecular weight excluding hydrogens is 630 g/mol. The highest BCUT2D eigenvalue weighted by atomic mass is 79.9. The predicted molar refractivity (Wildman–Crippen MR) is 166 cm³/mol. The van der Waals surface area contributed by atoms with Crippen LogP contribution in [0.4, 0.5) is 5.69 Å². The van der Waals surface area contributed by atoms with Crippen molar-refractivity contribution in [2.45, 2.75) is 57.6 Å². The molecule has 11 heteroatoms. The number of hydrogen-bond donors (Lipinski definition) is 1. The molecule has 220 valence electrons. The third kappa shape index (κ3) is 8.47. The molecule has 1 N–H and O–H groups in total. The van der Waals surface area contributed by atoms with Crippen LogP contribution in [0.1, 0.15) is 39.7 Å². The number of halogens is 2. The van der Waals surface area contributed by atoms with Crippen molar-refractivity contribution in [3.63, 3.8) is 0 Å². The van der Waals surface area contributed by atoms with Gasteiger partial charge in [-0.2, -0.15) is 0 Å². The predicted octanol–water partition coefficient (Wildman–Crippen LogP) is 6.03. The minimum Gasteiger partial charge on any atom is -0.494 e. The van der Waals surface area contributed by atoms with Crippen LogP contribution in [0.5, 0.6) is 5.75 Å². The van der Waals surface area contributed by atoms with Crippen molar-refractivity contribution >= 4 is 55.1 Å². The van der Waals surface area contributed by atoms with Gasteiger partial charge in [0, 0.05) is 22.1 Å². The van der Waals surface area contributed by atoms with Gasteiger partial charge in [-0.15, -0.1) is 0 Å². The van der Waals surface area contributed by atoms with E-state index in [4.69, 9.17) is 16.3 Å². The van der Waals surface area contributed by atoms with Crippen LogP contribution in [0.15, 0.2) is 82.2 Å². The highest BCUT2D eigenvalue weighted by Gasteiger charge is 2.34. The lowest BCUT2D eigenvalue weighted by molar-refractivity contribution is -0.140. The lowest BCUT2D eigenvalue weighted by Crippen LogP contribution is -2.53. The smallest absolute Gasteiger partial charge is 0.264 e. The number of rotatable bonds is 13. The normalized spacial score (nSPS) is 12.1. The zero-order valence-electron chi connectivity index (χ0n) is 23.5. The van der Waals surface area contributed by atoms with Crippen LogP contribution in [0.25, 0.3) is 0 Å². The molecule has 0 radical (unpaired) electrons. The zero-order chi connectivity index (χ0) is 30.2. The molecule has 41 heavy (non-hydrogen) atoms. The monoisotopic (exact) mass is 663 g/mol. The van der Waals surface area contributed by atoms with Crippen LogP contribution in [0.3, 0.4) is 0 Å². The van der Waals surface area contributed by atoms with Gasteiger partial charge in [0.15, 0.2) is 0 Å². The van der Waals surface area contributed by atoms with Crippen LogP contribution in [-0.4, -0.2) is 50.4 Å². The summed E-state index contributed by atoms with van der Waals surface area (Å²) in [5, 5.41) is 3.32. The Bertz CT molecular complexity index is 1430. The highest BCUT2D eigenvalue weighted by molar-refractivity contribution is 9.10. The van der Waals surface area contributed by atoms with Crippen molar-refractivity contribution in [3.8, 4) is 5.75 Å². The molecule has 0 bridgehead atoms. The number of carbonyl (C=O) groups is 2. The second-order valence-electron chi connectivity index (χ2n) is 9.59. The van der Waals surface area contributed by atoms with Crippen LogP contribution in [0, 0.1) is 0 Å². The van der Waals surface area contributed by atoms with E-state index in [-0.39, 0.29) is 29.1 Å². The second kappa shape index (κ2) is 14.7. The van der Waals surface area contributed by atoms with Crippen LogP contribution < -0.4 is 14.4 Å². The Morgan fingerprint density at radius 3 is 2.17 bits per heavy atom. The molecule has 0 fully saturated rings. The number of carbonyl (C=O) groups excluding carboxylic acids is 2. The van der Waals surface area contributed by atoms with Gasteiger partial charge in [-0.25, -0.2) is 8.42 Å². The van der Waals surface area contributed by atoms with E-state index in [0.717, 1.165) is 4.31 Å². The first-order valence-corrected chi connectivity index (χ1v) is 15.9. The molecule has 3 rings (SSSR count). The first-order valence-electron chi connectivity index (χ1n) is 13.3. The average Bonchev–Trinajstić information content (AvgIpc) is 2.93. The molecule has 0 aliphatic rings. The maximum Gasteiger partial charge on any atom is 0.264 e. The molecule has 0 saturated carbocycles. The number of nitrogens with one attached hydrogen (secondary N) is 1. The Balaban J connectivity index is 2.07. The van der Waals surface area contributed by atoms with Crippen molar-refractivity contribution in [2.75, 3.05) is 17.5 Å². The van der Waals surface area contributed by atoms with Crippen LogP contribution in [-0.2, 0) is 26.2 Å². The summed E-state index contributed by atoms with van der Waals surface area (Å²) in [6.07, 6.45) is 0.317. The van der Waals surface area contributed by atoms with Crippen molar-refractivity contribution in [3.05, 3.63) is 87.9 Å². The van der Waals surface area contributed by atoms with Crippen LogP contribution in [0.2, 0.25) is 5.02 Å². The van der Waals surface area contributed by atoms with Gasteiger partial charge in [0.1, 0.15) is 18.3 Å². The van der Waals surface area contributed by atoms with Gasteiger partial charge in [0.25, 0.3) is 10.0 Å². The summed E-state index contributed by atoms with van der Waals surface area (Å²) in [5.41, 5.74) is 0.920. The molecule has 0 aliphatic carbocycles. The summed E-state index contributed by atoms with van der Waals surface area (Å²) in [6, 6.07) is 18.7. The minimum absolute atomic E-state index is 0.0182. The Morgan fingerprint density at radius 2 is 1.61 bits per heavy atom. The van der Waals surface area contributed by atoms with E-state index in [9.17, 15) is 18.0 Å². The van der Waals surface area contributed by atoms with Crippen molar-refractivity contribution in [2.24, 2.45) is 0 Å². The van der Waals surface area contributed by atoms with Gasteiger partial charge in [-0.05, 0) is 87.4 Å². The summed E-state index contributed by atoms with van der Waals surface area (Å²) in [6.45, 7) is 7.27. The lowest BCUT2D eigenvalue weighted by atomic mass is 10.1. The number of sulfonamides is 1. The summed E-state index contributed by atoms with van der Waals surface area (Å²) >= 11 is 9.77. The van der Waals surface area contributed by atoms with Crippen molar-refractivity contribution in [1.82, 2.24) is 10.2 Å². The minimum atomic E-state index is -4.18. The van der Waals surface area contributed by atoms with E-state index < -0.39 is 28.5 Å². The van der Waals surface area contributed by atoms with E-state index in [1.807, 2.05) is 20.8 Å². The number of nitrogens with zero attached hydrogens (tertiary/aromatic N) is 2. The molecule has 3 aromatic carbocycles. The third-order valence-electron chi connectivity index (χ3n) is 6.23. The first kappa shape index (κ1) is 32.4. The molecule has 0 spiro atoms. The van der Waals surface area contributed by atoms with Gasteiger partial charge in [0.2, 0.25) is 11.8 Å². The quantitative estimate of drug-likeness (QED) is 0.241. The molecule has 0 aromatic heterocycles. The standard InChI is InChI=1S/C30H35BrClN3O5S/c1-5-28(30(37)33-21(3)4)34(19-22-9-7-8-10-27(22)32)29(36)20-35(24-13-15-25(16-14-24)40-6-2)41(38,39)26-17-11-23(31)12-18-26/h7-18,21,28H,5-6,19-20H2,1-4H3,(H,33,37)/t28-/m1/s1. The number of benzene rings is 3. The molecule has 0 heterocycles. The number of amides is 2. The van der Waals surface area contributed by atoms with E-state index in [2.05, 4.69) is 21.2 Å². The SMILES string of the molecule is CCOc1ccc(N(CC(=O)N(Cc2ccccc2Cl)[C@H](CC)C(=O)NC(C)C)S(=O)(=O)c2ccc(Br)cc2)cc1. The first-order chi connectivity index (χ1) is 19.5. The fourth-order valence-electron chi connectivity index (χ4n) is 4.25. The number of ether oxygens (including phenoxy) is 1. The van der Waals surface area contributed by atoms with E-state index in [1.165, 1.54) is 17.0 Å². The van der Waals surface area contributed by atoms with Gasteiger partial charge in [0.05, 0.1) is 17.2 Å². The third-order valence-corrected chi connectivity index (χ3v) is 8.92. The summed E-state index contributed by atoms with van der Waals surface area (Å²) < 4.78 is 35.2. The average molecular weight is 665 g/mol.